The summed E-state index contributed by atoms with van der Waals surface area (Å²) in [6.07, 6.45) is 11.2. The molecule has 0 spiro atoms. The molecule has 0 saturated heterocycles. The van der Waals surface area contributed by atoms with Gasteiger partial charge in [-0.3, -0.25) is 9.59 Å². The molecule has 0 aromatic heterocycles. The standard InChI is InChI=1S/C11H18N2O2/c12-10(14)8-6-4-2-1-3-5-7-9-11(13)15/h6-9H,1-5H2,(H2,12,14)(H2,13,15). The first-order chi connectivity index (χ1) is 7.13. The van der Waals surface area contributed by atoms with Crippen LogP contribution < -0.4 is 11.5 Å². The number of carbonyl (C=O) groups is 2. The van der Waals surface area contributed by atoms with Gasteiger partial charge in [0.2, 0.25) is 11.8 Å². The fourth-order valence-electron chi connectivity index (χ4n) is 1.10. The Labute approximate surface area is 90.0 Å². The molecule has 0 fully saturated rings. The summed E-state index contributed by atoms with van der Waals surface area (Å²) in [6.45, 7) is 0. The summed E-state index contributed by atoms with van der Waals surface area (Å²) in [7, 11) is 0. The Morgan fingerprint density at radius 1 is 0.800 bits per heavy atom. The van der Waals surface area contributed by atoms with E-state index in [1.807, 2.05) is 0 Å². The number of unbranched alkanes of at least 4 members (excludes halogenated alkanes) is 4. The molecule has 4 nitrogen and oxygen atoms in total. The molecule has 0 aromatic carbocycles. The Kier molecular flexibility index (Phi) is 8.05. The van der Waals surface area contributed by atoms with Crippen molar-refractivity contribution in [3.63, 3.8) is 0 Å². The molecular formula is C11H18N2O2. The fraction of sp³-hybridized carbons (Fsp3) is 0.455. The van der Waals surface area contributed by atoms with Gasteiger partial charge in [0.15, 0.2) is 0 Å². The number of hydrogen-bond donors (Lipinski definition) is 2. The minimum atomic E-state index is -0.403. The van der Waals surface area contributed by atoms with Crippen molar-refractivity contribution in [2.24, 2.45) is 11.5 Å². The van der Waals surface area contributed by atoms with Gasteiger partial charge < -0.3 is 11.5 Å². The van der Waals surface area contributed by atoms with Gasteiger partial charge in [0.1, 0.15) is 0 Å². The van der Waals surface area contributed by atoms with E-state index in [0.29, 0.717) is 0 Å². The van der Waals surface area contributed by atoms with Crippen molar-refractivity contribution in [1.82, 2.24) is 0 Å². The first-order valence-corrected chi connectivity index (χ1v) is 5.05. The number of hydrogen-bond acceptors (Lipinski definition) is 2. The van der Waals surface area contributed by atoms with E-state index in [-0.39, 0.29) is 0 Å². The first kappa shape index (κ1) is 13.4. The molecule has 0 aliphatic rings. The number of allylic oxidation sites excluding steroid dienone is 2. The lowest BCUT2D eigenvalue weighted by Crippen LogP contribution is -2.05. The first-order valence-electron chi connectivity index (χ1n) is 5.05. The number of nitrogens with two attached hydrogens (primary N) is 2. The summed E-state index contributed by atoms with van der Waals surface area (Å²) < 4.78 is 0. The number of amides is 2. The quantitative estimate of drug-likeness (QED) is 0.463. The third-order valence-electron chi connectivity index (χ3n) is 1.81. The number of rotatable bonds is 8. The summed E-state index contributed by atoms with van der Waals surface area (Å²) in [5, 5.41) is 0. The lowest BCUT2D eigenvalue weighted by atomic mass is 10.1. The number of primary amides is 2. The van der Waals surface area contributed by atoms with Crippen LogP contribution in [0.3, 0.4) is 0 Å². The summed E-state index contributed by atoms with van der Waals surface area (Å²) in [6, 6.07) is 0. The average molecular weight is 210 g/mol. The summed E-state index contributed by atoms with van der Waals surface area (Å²) in [5.41, 5.74) is 9.85. The van der Waals surface area contributed by atoms with Crippen molar-refractivity contribution in [2.75, 3.05) is 0 Å². The maximum atomic E-state index is 10.3. The van der Waals surface area contributed by atoms with E-state index in [1.54, 1.807) is 12.2 Å². The highest BCUT2D eigenvalue weighted by molar-refractivity contribution is 5.85. The van der Waals surface area contributed by atoms with Crippen molar-refractivity contribution in [2.45, 2.75) is 32.1 Å². The predicted molar refractivity (Wildman–Crippen MR) is 59.8 cm³/mol. The molecule has 0 aliphatic carbocycles. The lowest BCUT2D eigenvalue weighted by molar-refractivity contribution is -0.114. The van der Waals surface area contributed by atoms with Gasteiger partial charge >= 0.3 is 0 Å². The van der Waals surface area contributed by atoms with E-state index in [2.05, 4.69) is 0 Å². The molecule has 0 heterocycles. The van der Waals surface area contributed by atoms with Crippen LogP contribution in [0.4, 0.5) is 0 Å². The molecular weight excluding hydrogens is 192 g/mol. The molecule has 0 atom stereocenters. The topological polar surface area (TPSA) is 86.2 Å². The van der Waals surface area contributed by atoms with Crippen LogP contribution in [0.5, 0.6) is 0 Å². The molecule has 0 aliphatic heterocycles. The van der Waals surface area contributed by atoms with E-state index < -0.39 is 11.8 Å². The second-order valence-corrected chi connectivity index (χ2v) is 3.25. The molecule has 4 heteroatoms. The molecule has 2 amide bonds. The predicted octanol–water partition coefficient (Wildman–Crippen LogP) is 1.02. The SMILES string of the molecule is NC(=O)C=CCCCCCC=CC(N)=O. The Morgan fingerprint density at radius 3 is 1.53 bits per heavy atom. The smallest absolute Gasteiger partial charge is 0.241 e. The minimum absolute atomic E-state index is 0.403. The zero-order valence-corrected chi connectivity index (χ0v) is 8.82. The summed E-state index contributed by atoms with van der Waals surface area (Å²) >= 11 is 0. The molecule has 15 heavy (non-hydrogen) atoms. The van der Waals surface area contributed by atoms with Gasteiger partial charge in [0.05, 0.1) is 0 Å². The Bertz CT molecular complexity index is 231. The lowest BCUT2D eigenvalue weighted by Gasteiger charge is -1.94. The largest absolute Gasteiger partial charge is 0.366 e. The van der Waals surface area contributed by atoms with Crippen LogP contribution in [-0.2, 0) is 9.59 Å². The molecule has 84 valence electrons. The summed E-state index contributed by atoms with van der Waals surface area (Å²) in [5.74, 6) is -0.807. The van der Waals surface area contributed by atoms with Crippen molar-refractivity contribution in [3.8, 4) is 0 Å². The average Bonchev–Trinajstić information content (AvgIpc) is 2.14. The van der Waals surface area contributed by atoms with Gasteiger partial charge in [0, 0.05) is 0 Å². The van der Waals surface area contributed by atoms with E-state index in [9.17, 15) is 9.59 Å². The normalized spacial score (nSPS) is 11.2. The van der Waals surface area contributed by atoms with Crippen LogP contribution in [0.25, 0.3) is 0 Å². The maximum absolute atomic E-state index is 10.3. The van der Waals surface area contributed by atoms with Crippen LogP contribution >= 0.6 is 0 Å². The van der Waals surface area contributed by atoms with Crippen molar-refractivity contribution in [3.05, 3.63) is 24.3 Å². The molecule has 0 bridgehead atoms. The second kappa shape index (κ2) is 8.99. The second-order valence-electron chi connectivity index (χ2n) is 3.25. The zero-order valence-electron chi connectivity index (χ0n) is 8.82. The molecule has 0 saturated carbocycles. The Hall–Kier alpha value is -1.58. The van der Waals surface area contributed by atoms with E-state index in [4.69, 9.17) is 11.5 Å². The van der Waals surface area contributed by atoms with Gasteiger partial charge in [-0.2, -0.15) is 0 Å². The van der Waals surface area contributed by atoms with Gasteiger partial charge in [-0.15, -0.1) is 0 Å². The van der Waals surface area contributed by atoms with Crippen molar-refractivity contribution in [1.29, 1.82) is 0 Å². The highest BCUT2D eigenvalue weighted by Gasteiger charge is 1.88. The molecule has 0 aromatic rings. The Balaban J connectivity index is 3.25. The van der Waals surface area contributed by atoms with Crippen LogP contribution in [0.15, 0.2) is 24.3 Å². The van der Waals surface area contributed by atoms with Crippen LogP contribution in [0, 0.1) is 0 Å². The van der Waals surface area contributed by atoms with Crippen LogP contribution in [-0.4, -0.2) is 11.8 Å². The minimum Gasteiger partial charge on any atom is -0.366 e. The maximum Gasteiger partial charge on any atom is 0.241 e. The molecule has 0 radical (unpaired) electrons. The van der Waals surface area contributed by atoms with E-state index >= 15 is 0 Å². The molecule has 4 N–H and O–H groups in total. The van der Waals surface area contributed by atoms with E-state index in [0.717, 1.165) is 32.1 Å². The molecule has 0 unspecified atom stereocenters. The highest BCUT2D eigenvalue weighted by Crippen LogP contribution is 2.04. The summed E-state index contributed by atoms with van der Waals surface area (Å²) in [4.78, 5) is 20.6. The van der Waals surface area contributed by atoms with Gasteiger partial charge in [-0.25, -0.2) is 0 Å². The van der Waals surface area contributed by atoms with Gasteiger partial charge in [-0.05, 0) is 37.8 Å². The van der Waals surface area contributed by atoms with Gasteiger partial charge in [0.25, 0.3) is 0 Å². The van der Waals surface area contributed by atoms with E-state index in [1.165, 1.54) is 12.2 Å². The third-order valence-corrected chi connectivity index (χ3v) is 1.81. The van der Waals surface area contributed by atoms with Crippen molar-refractivity contribution < 1.29 is 9.59 Å². The van der Waals surface area contributed by atoms with Crippen molar-refractivity contribution >= 4 is 11.8 Å². The van der Waals surface area contributed by atoms with Crippen LogP contribution in [0.2, 0.25) is 0 Å². The van der Waals surface area contributed by atoms with Gasteiger partial charge in [-0.1, -0.05) is 18.6 Å². The number of carbonyl (C=O) groups excluding carboxylic acids is 2. The third kappa shape index (κ3) is 12.4. The highest BCUT2D eigenvalue weighted by atomic mass is 16.1. The zero-order chi connectivity index (χ0) is 11.5. The van der Waals surface area contributed by atoms with Crippen LogP contribution in [0.1, 0.15) is 32.1 Å². The molecule has 0 rings (SSSR count). The fourth-order valence-corrected chi connectivity index (χ4v) is 1.10. The monoisotopic (exact) mass is 210 g/mol. The Morgan fingerprint density at radius 2 is 1.20 bits per heavy atom.